The van der Waals surface area contributed by atoms with Crippen LogP contribution in [0.3, 0.4) is 0 Å². The monoisotopic (exact) mass is 260 g/mol. The second-order valence-corrected chi connectivity index (χ2v) is 4.91. The summed E-state index contributed by atoms with van der Waals surface area (Å²) in [5.41, 5.74) is 1.79. The fourth-order valence-corrected chi connectivity index (χ4v) is 2.39. The summed E-state index contributed by atoms with van der Waals surface area (Å²) in [5, 5.41) is 2.92. The van der Waals surface area contributed by atoms with Crippen LogP contribution in [0, 0.1) is 0 Å². The highest BCUT2D eigenvalue weighted by molar-refractivity contribution is 6.02. The number of benzene rings is 1. The molecule has 0 spiro atoms. The molecule has 2 amide bonds. The zero-order valence-corrected chi connectivity index (χ0v) is 11.5. The van der Waals surface area contributed by atoms with Crippen LogP contribution in [0.2, 0.25) is 0 Å². The van der Waals surface area contributed by atoms with Crippen molar-refractivity contribution in [1.29, 1.82) is 0 Å². The van der Waals surface area contributed by atoms with Crippen molar-refractivity contribution in [3.63, 3.8) is 0 Å². The van der Waals surface area contributed by atoms with Gasteiger partial charge in [-0.05, 0) is 18.1 Å². The Labute approximate surface area is 113 Å². The Balaban J connectivity index is 2.20. The molecule has 0 saturated heterocycles. The molecular formula is C15H20N2O2. The normalized spacial score (nSPS) is 18.1. The third kappa shape index (κ3) is 2.78. The molecular weight excluding hydrogens is 240 g/mol. The van der Waals surface area contributed by atoms with E-state index in [1.807, 2.05) is 24.3 Å². The minimum atomic E-state index is -0.350. The number of rotatable bonds is 4. The first kappa shape index (κ1) is 13.6. The lowest BCUT2D eigenvalue weighted by Gasteiger charge is -2.30. The van der Waals surface area contributed by atoms with Gasteiger partial charge in [0.05, 0.1) is 5.92 Å². The Morgan fingerprint density at radius 1 is 1.42 bits per heavy atom. The quantitative estimate of drug-likeness (QED) is 0.842. The molecule has 0 fully saturated rings. The maximum atomic E-state index is 12.2. The van der Waals surface area contributed by atoms with E-state index in [0.29, 0.717) is 6.54 Å². The summed E-state index contributed by atoms with van der Waals surface area (Å²) in [6, 6.07) is 7.62. The molecule has 1 heterocycles. The smallest absolute Gasteiger partial charge is 0.228 e. The summed E-state index contributed by atoms with van der Waals surface area (Å²) in [6.07, 6.45) is 2.27. The summed E-state index contributed by atoms with van der Waals surface area (Å²) in [4.78, 5) is 25.8. The summed E-state index contributed by atoms with van der Waals surface area (Å²) in [7, 11) is 1.76. The second-order valence-electron chi connectivity index (χ2n) is 4.91. The predicted octanol–water partition coefficient (Wildman–Crippen LogP) is 2.05. The maximum Gasteiger partial charge on any atom is 0.228 e. The molecule has 2 rings (SSSR count). The van der Waals surface area contributed by atoms with E-state index < -0.39 is 0 Å². The van der Waals surface area contributed by atoms with Crippen LogP contribution in [-0.2, 0) is 9.59 Å². The summed E-state index contributed by atoms with van der Waals surface area (Å²) in [6.45, 7) is 2.76. The number of nitrogens with zero attached hydrogens (tertiary/aromatic N) is 1. The second kappa shape index (κ2) is 5.87. The van der Waals surface area contributed by atoms with E-state index >= 15 is 0 Å². The topological polar surface area (TPSA) is 49.4 Å². The van der Waals surface area contributed by atoms with E-state index in [1.165, 1.54) is 0 Å². The van der Waals surface area contributed by atoms with Gasteiger partial charge in [-0.2, -0.15) is 0 Å². The number of unbranched alkanes of at least 4 members (excludes halogenated alkanes) is 1. The molecule has 1 aliphatic heterocycles. The highest BCUT2D eigenvalue weighted by atomic mass is 16.2. The van der Waals surface area contributed by atoms with Gasteiger partial charge >= 0.3 is 0 Å². The lowest BCUT2D eigenvalue weighted by molar-refractivity contribution is -0.127. The average Bonchev–Trinajstić information content (AvgIpc) is 2.43. The minimum absolute atomic E-state index is 0.00524. The van der Waals surface area contributed by atoms with E-state index in [0.717, 1.165) is 24.1 Å². The average molecular weight is 260 g/mol. The Morgan fingerprint density at radius 2 is 2.16 bits per heavy atom. The van der Waals surface area contributed by atoms with Gasteiger partial charge in [0.25, 0.3) is 0 Å². The first-order valence-electron chi connectivity index (χ1n) is 6.78. The van der Waals surface area contributed by atoms with Crippen molar-refractivity contribution in [3.8, 4) is 0 Å². The van der Waals surface area contributed by atoms with Gasteiger partial charge in [0.1, 0.15) is 0 Å². The van der Waals surface area contributed by atoms with E-state index in [-0.39, 0.29) is 24.2 Å². The van der Waals surface area contributed by atoms with Crippen LogP contribution in [0.15, 0.2) is 24.3 Å². The van der Waals surface area contributed by atoms with Crippen molar-refractivity contribution >= 4 is 17.5 Å². The molecule has 0 saturated carbocycles. The lowest BCUT2D eigenvalue weighted by Crippen LogP contribution is -2.39. The number of hydrogen-bond acceptors (Lipinski definition) is 2. The summed E-state index contributed by atoms with van der Waals surface area (Å²) < 4.78 is 0. The molecule has 0 aromatic heterocycles. The van der Waals surface area contributed by atoms with Crippen LogP contribution in [-0.4, -0.2) is 25.4 Å². The SMILES string of the molecule is CCCCNC(=O)C1CC(=O)N(C)c2ccccc21. The number of carbonyl (C=O) groups excluding carboxylic acids is 2. The van der Waals surface area contributed by atoms with Crippen molar-refractivity contribution < 1.29 is 9.59 Å². The zero-order valence-electron chi connectivity index (χ0n) is 11.5. The van der Waals surface area contributed by atoms with Gasteiger partial charge in [-0.1, -0.05) is 31.5 Å². The van der Waals surface area contributed by atoms with Crippen molar-refractivity contribution in [2.75, 3.05) is 18.5 Å². The highest BCUT2D eigenvalue weighted by Crippen LogP contribution is 2.34. The molecule has 1 aliphatic rings. The number of hydrogen-bond donors (Lipinski definition) is 1. The molecule has 4 heteroatoms. The standard InChI is InChI=1S/C15H20N2O2/c1-3-4-9-16-15(19)12-10-14(18)17(2)13-8-6-5-7-11(12)13/h5-8,12H,3-4,9-10H2,1-2H3,(H,16,19). The van der Waals surface area contributed by atoms with Crippen LogP contribution < -0.4 is 10.2 Å². The largest absolute Gasteiger partial charge is 0.356 e. The fraction of sp³-hybridized carbons (Fsp3) is 0.467. The Morgan fingerprint density at radius 3 is 2.89 bits per heavy atom. The molecule has 102 valence electrons. The van der Waals surface area contributed by atoms with Gasteiger partial charge in [0.15, 0.2) is 0 Å². The molecule has 1 atom stereocenters. The van der Waals surface area contributed by atoms with Crippen LogP contribution in [0.25, 0.3) is 0 Å². The molecule has 4 nitrogen and oxygen atoms in total. The first-order valence-corrected chi connectivity index (χ1v) is 6.78. The molecule has 1 aromatic rings. The molecule has 19 heavy (non-hydrogen) atoms. The Hall–Kier alpha value is -1.84. The number of fused-ring (bicyclic) bond motifs is 1. The minimum Gasteiger partial charge on any atom is -0.356 e. The molecule has 1 N–H and O–H groups in total. The van der Waals surface area contributed by atoms with Crippen molar-refractivity contribution in [2.24, 2.45) is 0 Å². The van der Waals surface area contributed by atoms with Crippen molar-refractivity contribution in [3.05, 3.63) is 29.8 Å². The zero-order chi connectivity index (χ0) is 13.8. The van der Waals surface area contributed by atoms with Gasteiger partial charge in [0, 0.05) is 25.7 Å². The molecule has 0 bridgehead atoms. The van der Waals surface area contributed by atoms with Gasteiger partial charge < -0.3 is 10.2 Å². The molecule has 1 unspecified atom stereocenters. The number of amides is 2. The van der Waals surface area contributed by atoms with Gasteiger partial charge in [-0.15, -0.1) is 0 Å². The highest BCUT2D eigenvalue weighted by Gasteiger charge is 2.33. The van der Waals surface area contributed by atoms with Crippen LogP contribution in [0.4, 0.5) is 5.69 Å². The number of anilines is 1. The van der Waals surface area contributed by atoms with Gasteiger partial charge in [-0.3, -0.25) is 9.59 Å². The number of para-hydroxylation sites is 1. The third-order valence-electron chi connectivity index (χ3n) is 3.57. The van der Waals surface area contributed by atoms with Gasteiger partial charge in [-0.25, -0.2) is 0 Å². The maximum absolute atomic E-state index is 12.2. The van der Waals surface area contributed by atoms with E-state index in [4.69, 9.17) is 0 Å². The first-order chi connectivity index (χ1) is 9.15. The molecule has 0 aliphatic carbocycles. The van der Waals surface area contributed by atoms with E-state index in [9.17, 15) is 9.59 Å². The van der Waals surface area contributed by atoms with Gasteiger partial charge in [0.2, 0.25) is 11.8 Å². The van der Waals surface area contributed by atoms with Crippen molar-refractivity contribution in [2.45, 2.75) is 32.1 Å². The van der Waals surface area contributed by atoms with Crippen LogP contribution in [0.5, 0.6) is 0 Å². The van der Waals surface area contributed by atoms with Crippen molar-refractivity contribution in [1.82, 2.24) is 5.32 Å². The fourth-order valence-electron chi connectivity index (χ4n) is 2.39. The Bertz CT molecular complexity index is 485. The van der Waals surface area contributed by atoms with E-state index in [2.05, 4.69) is 12.2 Å². The molecule has 1 aromatic carbocycles. The van der Waals surface area contributed by atoms with Crippen LogP contribution in [0.1, 0.15) is 37.7 Å². The predicted molar refractivity (Wildman–Crippen MR) is 75.1 cm³/mol. The third-order valence-corrected chi connectivity index (χ3v) is 3.57. The lowest BCUT2D eigenvalue weighted by atomic mass is 9.89. The van der Waals surface area contributed by atoms with E-state index in [1.54, 1.807) is 11.9 Å². The molecule has 0 radical (unpaired) electrons. The van der Waals surface area contributed by atoms with Crippen LogP contribution >= 0.6 is 0 Å². The number of carbonyl (C=O) groups is 2. The number of nitrogens with one attached hydrogen (secondary N) is 1. The Kier molecular flexibility index (Phi) is 4.20. The summed E-state index contributed by atoms with van der Waals surface area (Å²) in [5.74, 6) is -0.395. The summed E-state index contributed by atoms with van der Waals surface area (Å²) >= 11 is 0.